The molecule has 2 amide bonds. The molecule has 238 valence electrons. The largest absolute Gasteiger partial charge is 0.462 e. The van der Waals surface area contributed by atoms with E-state index in [9.17, 15) is 14.4 Å². The summed E-state index contributed by atoms with van der Waals surface area (Å²) in [6.07, 6.45) is 0.300. The smallest absolute Gasteiger partial charge is 0.411 e. The molecular weight excluding hydrogens is 560 g/mol. The van der Waals surface area contributed by atoms with Gasteiger partial charge in [-0.25, -0.2) is 24.4 Å². The summed E-state index contributed by atoms with van der Waals surface area (Å²) in [4.78, 5) is 52.7. The van der Waals surface area contributed by atoms with Crippen molar-refractivity contribution in [2.24, 2.45) is 5.92 Å². The predicted molar refractivity (Wildman–Crippen MR) is 156 cm³/mol. The number of aromatic nitrogens is 3. The minimum atomic E-state index is -0.997. The lowest BCUT2D eigenvalue weighted by Gasteiger charge is -2.35. The molecule has 0 spiro atoms. The van der Waals surface area contributed by atoms with Crippen molar-refractivity contribution in [3.63, 3.8) is 0 Å². The van der Waals surface area contributed by atoms with Crippen molar-refractivity contribution in [1.82, 2.24) is 25.2 Å². The first-order valence-electron chi connectivity index (χ1n) is 14.4. The van der Waals surface area contributed by atoms with E-state index >= 15 is 0 Å². The van der Waals surface area contributed by atoms with Crippen molar-refractivity contribution in [2.45, 2.75) is 117 Å². The molecular formula is C29H44N6O8. The Morgan fingerprint density at radius 2 is 1.70 bits per heavy atom. The van der Waals surface area contributed by atoms with Gasteiger partial charge in [-0.1, -0.05) is 13.8 Å². The SMILES string of the molecule is CC(C)[C@H](NC(=O)OC(C)(C)C)C(=O)OC[C@@H]1[C@H]2OC(C)(C)O[C@H]2[C@H](c2c[nH]c3c(N)ncnc23)N1C(=O)OC(C)(C)C. The fraction of sp³-hybridized carbons (Fsp3) is 0.690. The van der Waals surface area contributed by atoms with Gasteiger partial charge in [0.15, 0.2) is 11.6 Å². The zero-order chi connectivity index (χ0) is 32.1. The zero-order valence-corrected chi connectivity index (χ0v) is 26.5. The highest BCUT2D eigenvalue weighted by atomic mass is 16.8. The van der Waals surface area contributed by atoms with Crippen LogP contribution in [0.5, 0.6) is 0 Å². The Bertz CT molecular complexity index is 1360. The van der Waals surface area contributed by atoms with E-state index in [2.05, 4.69) is 20.3 Å². The highest BCUT2D eigenvalue weighted by Gasteiger charge is 2.61. The summed E-state index contributed by atoms with van der Waals surface area (Å²) in [6.45, 7) is 17.3. The van der Waals surface area contributed by atoms with E-state index in [1.54, 1.807) is 75.4 Å². The topological polar surface area (TPSA) is 180 Å². The minimum Gasteiger partial charge on any atom is -0.462 e. The van der Waals surface area contributed by atoms with Gasteiger partial charge in [0.05, 0.1) is 17.6 Å². The van der Waals surface area contributed by atoms with E-state index < -0.39 is 65.5 Å². The Morgan fingerprint density at radius 1 is 1.07 bits per heavy atom. The maximum Gasteiger partial charge on any atom is 0.411 e. The molecule has 2 aliphatic rings. The van der Waals surface area contributed by atoms with Crippen LogP contribution in [0.25, 0.3) is 11.0 Å². The Balaban J connectivity index is 1.68. The quantitative estimate of drug-likeness (QED) is 0.322. The number of carbonyl (C=O) groups excluding carboxylic acids is 3. The van der Waals surface area contributed by atoms with Crippen LogP contribution in [0.3, 0.4) is 0 Å². The summed E-state index contributed by atoms with van der Waals surface area (Å²) < 4.78 is 29.6. The number of rotatable bonds is 6. The van der Waals surface area contributed by atoms with Crippen LogP contribution >= 0.6 is 0 Å². The van der Waals surface area contributed by atoms with Gasteiger partial charge in [0.2, 0.25) is 0 Å². The fourth-order valence-electron chi connectivity index (χ4n) is 5.34. The third-order valence-corrected chi connectivity index (χ3v) is 6.95. The summed E-state index contributed by atoms with van der Waals surface area (Å²) in [7, 11) is 0. The minimum absolute atomic E-state index is 0.251. The summed E-state index contributed by atoms with van der Waals surface area (Å²) in [5.41, 5.74) is 6.15. The van der Waals surface area contributed by atoms with Gasteiger partial charge >= 0.3 is 18.2 Å². The van der Waals surface area contributed by atoms with E-state index in [-0.39, 0.29) is 18.3 Å². The van der Waals surface area contributed by atoms with Crippen LogP contribution in [0.1, 0.15) is 80.8 Å². The Kier molecular flexibility index (Phi) is 8.59. The van der Waals surface area contributed by atoms with Gasteiger partial charge < -0.3 is 39.7 Å². The molecule has 14 nitrogen and oxygen atoms in total. The lowest BCUT2D eigenvalue weighted by molar-refractivity contribution is -0.172. The maximum absolute atomic E-state index is 13.8. The number of hydrogen-bond donors (Lipinski definition) is 3. The zero-order valence-electron chi connectivity index (χ0n) is 26.5. The number of nitrogens with two attached hydrogens (primary N) is 1. The van der Waals surface area contributed by atoms with Crippen LogP contribution < -0.4 is 11.1 Å². The number of nitrogens with one attached hydrogen (secondary N) is 2. The second-order valence-corrected chi connectivity index (χ2v) is 13.7. The molecule has 0 radical (unpaired) electrons. The number of esters is 1. The fourth-order valence-corrected chi connectivity index (χ4v) is 5.34. The van der Waals surface area contributed by atoms with Crippen LogP contribution in [0, 0.1) is 5.92 Å². The second kappa shape index (κ2) is 11.5. The number of carbonyl (C=O) groups is 3. The molecule has 4 N–H and O–H groups in total. The molecule has 2 aromatic heterocycles. The molecule has 4 rings (SSSR count). The van der Waals surface area contributed by atoms with Crippen molar-refractivity contribution in [2.75, 3.05) is 12.3 Å². The number of hydrogen-bond acceptors (Lipinski definition) is 11. The highest BCUT2D eigenvalue weighted by molar-refractivity contribution is 5.88. The van der Waals surface area contributed by atoms with Crippen LogP contribution in [-0.4, -0.2) is 85.9 Å². The number of anilines is 1. The molecule has 2 aliphatic heterocycles. The number of nitrogen functional groups attached to an aromatic ring is 1. The third-order valence-electron chi connectivity index (χ3n) is 6.95. The van der Waals surface area contributed by atoms with Crippen LogP contribution in [0.2, 0.25) is 0 Å². The van der Waals surface area contributed by atoms with Gasteiger partial charge in [0.1, 0.15) is 47.9 Å². The number of aromatic amines is 1. The molecule has 0 saturated carbocycles. The molecule has 0 bridgehead atoms. The van der Waals surface area contributed by atoms with Gasteiger partial charge in [-0.15, -0.1) is 0 Å². The normalized spacial score (nSPS) is 24.1. The van der Waals surface area contributed by atoms with Crippen LogP contribution in [0.4, 0.5) is 15.4 Å². The van der Waals surface area contributed by atoms with Gasteiger partial charge in [-0.05, 0) is 61.3 Å². The molecule has 2 aromatic rings. The number of amides is 2. The summed E-state index contributed by atoms with van der Waals surface area (Å²) in [5.74, 6) is -1.74. The number of fused-ring (bicyclic) bond motifs is 2. The maximum atomic E-state index is 13.8. The van der Waals surface area contributed by atoms with E-state index in [1.165, 1.54) is 11.2 Å². The molecule has 0 aromatic carbocycles. The van der Waals surface area contributed by atoms with Crippen LogP contribution in [-0.2, 0) is 28.5 Å². The summed E-state index contributed by atoms with van der Waals surface area (Å²) in [5, 5.41) is 2.60. The number of nitrogens with zero attached hydrogens (tertiary/aromatic N) is 3. The van der Waals surface area contributed by atoms with Gasteiger partial charge in [-0.2, -0.15) is 0 Å². The number of H-pyrrole nitrogens is 1. The molecule has 2 fully saturated rings. The van der Waals surface area contributed by atoms with E-state index in [0.29, 0.717) is 16.6 Å². The van der Waals surface area contributed by atoms with Crippen molar-refractivity contribution >= 4 is 35.0 Å². The second-order valence-electron chi connectivity index (χ2n) is 13.7. The first kappa shape index (κ1) is 32.3. The first-order valence-corrected chi connectivity index (χ1v) is 14.4. The molecule has 0 aliphatic carbocycles. The third kappa shape index (κ3) is 7.12. The molecule has 0 unspecified atom stereocenters. The van der Waals surface area contributed by atoms with Gasteiger partial charge in [0.25, 0.3) is 0 Å². The van der Waals surface area contributed by atoms with E-state index in [0.717, 1.165) is 0 Å². The van der Waals surface area contributed by atoms with Crippen molar-refractivity contribution < 1.29 is 38.1 Å². The van der Waals surface area contributed by atoms with Gasteiger partial charge in [0, 0.05) is 11.8 Å². The predicted octanol–water partition coefficient (Wildman–Crippen LogP) is 3.81. The molecule has 5 atom stereocenters. The lowest BCUT2D eigenvalue weighted by Crippen LogP contribution is -2.50. The monoisotopic (exact) mass is 604 g/mol. The molecule has 43 heavy (non-hydrogen) atoms. The summed E-state index contributed by atoms with van der Waals surface area (Å²) in [6, 6.07) is -2.55. The number of likely N-dealkylation sites (tertiary alicyclic amines) is 1. The Labute approximate surface area is 251 Å². The van der Waals surface area contributed by atoms with Crippen LogP contribution in [0.15, 0.2) is 12.5 Å². The van der Waals surface area contributed by atoms with Crippen molar-refractivity contribution in [1.29, 1.82) is 0 Å². The Hall–Kier alpha value is -3.65. The molecule has 14 heteroatoms. The van der Waals surface area contributed by atoms with E-state index in [4.69, 9.17) is 29.4 Å². The van der Waals surface area contributed by atoms with Crippen molar-refractivity contribution in [3.05, 3.63) is 18.1 Å². The first-order chi connectivity index (χ1) is 19.8. The molecule has 4 heterocycles. The average Bonchev–Trinajstić information content (AvgIpc) is 3.48. The van der Waals surface area contributed by atoms with Crippen molar-refractivity contribution in [3.8, 4) is 0 Å². The highest BCUT2D eigenvalue weighted by Crippen LogP contribution is 2.49. The number of ether oxygens (including phenoxy) is 5. The molecule has 2 saturated heterocycles. The average molecular weight is 605 g/mol. The summed E-state index contributed by atoms with van der Waals surface area (Å²) >= 11 is 0. The lowest BCUT2D eigenvalue weighted by atomic mass is 10.0. The number of alkyl carbamates (subject to hydrolysis) is 1. The van der Waals surface area contributed by atoms with E-state index in [1.807, 2.05) is 0 Å². The Morgan fingerprint density at radius 3 is 2.30 bits per heavy atom. The standard InChI is InChI=1S/C29H44N6O8/c1-14(2)17(34-25(37)42-27(3,4)5)24(36)39-12-16-21-22(41-29(9,10)40-21)20(35(16)26(38)43-28(6,7)8)15-11-31-19-18(15)32-13-33-23(19)30/h11,13-14,16-17,20-22,31H,12H2,1-10H3,(H,34,37)(H2,30,32,33)/t16-,17+,20+,21-,22+/m1/s1. The van der Waals surface area contributed by atoms with Gasteiger partial charge in [-0.3, -0.25) is 4.90 Å².